The molecule has 1 aliphatic rings. The molecule has 1 aliphatic heterocycles. The number of likely N-dealkylation sites (tertiary alicyclic amines) is 1. The minimum Gasteiger partial charge on any atom is -0.486 e. The molecule has 3 rings (SSSR count). The minimum atomic E-state index is 0.185. The maximum Gasteiger partial charge on any atom is 0.233 e. The van der Waals surface area contributed by atoms with Gasteiger partial charge in [0, 0.05) is 20.1 Å². The molecule has 1 aromatic carbocycles. The summed E-state index contributed by atoms with van der Waals surface area (Å²) in [5.41, 5.74) is 0. The number of para-hydroxylation sites is 1. The summed E-state index contributed by atoms with van der Waals surface area (Å²) in [6.45, 7) is 2.12. The summed E-state index contributed by atoms with van der Waals surface area (Å²) in [6, 6.07) is 9.62. The molecule has 7 heteroatoms. The number of thioether (sulfide) groups is 1. The second-order valence-corrected chi connectivity index (χ2v) is 6.73. The highest BCUT2D eigenvalue weighted by molar-refractivity contribution is 7.99. The van der Waals surface area contributed by atoms with Crippen molar-refractivity contribution in [1.82, 2.24) is 19.7 Å². The number of benzene rings is 1. The van der Waals surface area contributed by atoms with E-state index >= 15 is 0 Å². The third-order valence-corrected chi connectivity index (χ3v) is 5.07. The van der Waals surface area contributed by atoms with Gasteiger partial charge in [-0.05, 0) is 31.4 Å². The number of hydrogen-bond donors (Lipinski definition) is 0. The third-order valence-electron chi connectivity index (χ3n) is 4.07. The summed E-state index contributed by atoms with van der Waals surface area (Å²) < 4.78 is 7.59. The molecule has 24 heavy (non-hydrogen) atoms. The van der Waals surface area contributed by atoms with E-state index in [1.807, 2.05) is 46.8 Å². The fraction of sp³-hybridized carbons (Fsp3) is 0.471. The maximum absolute atomic E-state index is 12.2. The van der Waals surface area contributed by atoms with Crippen molar-refractivity contribution >= 4 is 17.7 Å². The van der Waals surface area contributed by atoms with Gasteiger partial charge in [0.05, 0.1) is 5.75 Å². The summed E-state index contributed by atoms with van der Waals surface area (Å²) in [4.78, 5) is 14.2. The number of nitrogens with zero attached hydrogens (tertiary/aromatic N) is 4. The van der Waals surface area contributed by atoms with Gasteiger partial charge in [0.25, 0.3) is 0 Å². The van der Waals surface area contributed by atoms with E-state index in [2.05, 4.69) is 10.2 Å². The van der Waals surface area contributed by atoms with Crippen molar-refractivity contribution in [2.75, 3.05) is 18.8 Å². The normalized spacial score (nSPS) is 14.6. The highest BCUT2D eigenvalue weighted by Gasteiger charge is 2.18. The van der Waals surface area contributed by atoms with Gasteiger partial charge in [-0.2, -0.15) is 0 Å². The van der Waals surface area contributed by atoms with E-state index in [0.29, 0.717) is 12.4 Å². The molecule has 6 nitrogen and oxygen atoms in total. The van der Waals surface area contributed by atoms with Crippen molar-refractivity contribution in [3.8, 4) is 5.75 Å². The largest absolute Gasteiger partial charge is 0.486 e. The Morgan fingerprint density at radius 1 is 1.17 bits per heavy atom. The van der Waals surface area contributed by atoms with Crippen LogP contribution in [0.4, 0.5) is 0 Å². The molecule has 2 heterocycles. The highest BCUT2D eigenvalue weighted by atomic mass is 32.2. The van der Waals surface area contributed by atoms with Crippen LogP contribution in [0.1, 0.15) is 25.1 Å². The van der Waals surface area contributed by atoms with E-state index < -0.39 is 0 Å². The molecule has 0 radical (unpaired) electrons. The van der Waals surface area contributed by atoms with Crippen LogP contribution < -0.4 is 4.74 Å². The van der Waals surface area contributed by atoms with Crippen LogP contribution in [0.2, 0.25) is 0 Å². The molecule has 1 fully saturated rings. The molecule has 0 N–H and O–H groups in total. The first-order valence-corrected chi connectivity index (χ1v) is 9.19. The molecule has 0 atom stereocenters. The zero-order valence-electron chi connectivity index (χ0n) is 13.9. The van der Waals surface area contributed by atoms with E-state index in [4.69, 9.17) is 4.74 Å². The zero-order valence-corrected chi connectivity index (χ0v) is 14.7. The van der Waals surface area contributed by atoms with Gasteiger partial charge in [0.2, 0.25) is 5.91 Å². The lowest BCUT2D eigenvalue weighted by molar-refractivity contribution is -0.129. The van der Waals surface area contributed by atoms with Crippen molar-refractivity contribution < 1.29 is 9.53 Å². The van der Waals surface area contributed by atoms with E-state index in [-0.39, 0.29) is 5.91 Å². The molecule has 1 amide bonds. The average Bonchev–Trinajstić information content (AvgIpc) is 2.99. The Bertz CT molecular complexity index is 668. The van der Waals surface area contributed by atoms with Crippen molar-refractivity contribution in [2.45, 2.75) is 31.0 Å². The minimum absolute atomic E-state index is 0.185. The van der Waals surface area contributed by atoms with Crippen LogP contribution in [0.25, 0.3) is 0 Å². The predicted molar refractivity (Wildman–Crippen MR) is 92.9 cm³/mol. The van der Waals surface area contributed by atoms with E-state index in [0.717, 1.165) is 42.7 Å². The van der Waals surface area contributed by atoms with Crippen LogP contribution in [0.15, 0.2) is 35.5 Å². The van der Waals surface area contributed by atoms with Crippen LogP contribution in [-0.2, 0) is 18.4 Å². The quantitative estimate of drug-likeness (QED) is 0.752. The van der Waals surface area contributed by atoms with Crippen LogP contribution in [-0.4, -0.2) is 44.4 Å². The lowest BCUT2D eigenvalue weighted by Gasteiger charge is -2.26. The maximum atomic E-state index is 12.2. The van der Waals surface area contributed by atoms with Crippen molar-refractivity contribution in [1.29, 1.82) is 0 Å². The fourth-order valence-electron chi connectivity index (χ4n) is 2.62. The van der Waals surface area contributed by atoms with Gasteiger partial charge in [0.15, 0.2) is 11.0 Å². The Balaban J connectivity index is 1.51. The Hall–Kier alpha value is -2.02. The van der Waals surface area contributed by atoms with Crippen molar-refractivity contribution in [3.63, 3.8) is 0 Å². The summed E-state index contributed by atoms with van der Waals surface area (Å²) in [6.07, 6.45) is 3.45. The molecular weight excluding hydrogens is 324 g/mol. The molecular formula is C17H22N4O2S. The Kier molecular flexibility index (Phi) is 5.74. The molecule has 1 aromatic heterocycles. The predicted octanol–water partition coefficient (Wildman–Crippen LogP) is 2.50. The smallest absolute Gasteiger partial charge is 0.233 e. The van der Waals surface area contributed by atoms with E-state index in [1.54, 1.807) is 0 Å². The average molecular weight is 346 g/mol. The van der Waals surface area contributed by atoms with Gasteiger partial charge in [-0.15, -0.1) is 10.2 Å². The van der Waals surface area contributed by atoms with Gasteiger partial charge < -0.3 is 14.2 Å². The summed E-state index contributed by atoms with van der Waals surface area (Å²) in [5.74, 6) is 2.14. The second-order valence-electron chi connectivity index (χ2n) is 5.79. The molecule has 0 saturated carbocycles. The third kappa shape index (κ3) is 4.29. The lowest BCUT2D eigenvalue weighted by Crippen LogP contribution is -2.36. The molecule has 0 unspecified atom stereocenters. The molecule has 1 saturated heterocycles. The Morgan fingerprint density at radius 3 is 2.67 bits per heavy atom. The number of carbonyl (C=O) groups excluding carboxylic acids is 1. The summed E-state index contributed by atoms with van der Waals surface area (Å²) in [5, 5.41) is 9.08. The van der Waals surface area contributed by atoms with Crippen LogP contribution in [0.5, 0.6) is 5.75 Å². The monoisotopic (exact) mass is 346 g/mol. The first-order chi connectivity index (χ1) is 11.7. The van der Waals surface area contributed by atoms with Gasteiger partial charge in [-0.3, -0.25) is 4.79 Å². The van der Waals surface area contributed by atoms with Crippen molar-refractivity contribution in [2.24, 2.45) is 7.05 Å². The number of carbonyl (C=O) groups is 1. The van der Waals surface area contributed by atoms with Gasteiger partial charge in [-0.25, -0.2) is 0 Å². The molecule has 2 aromatic rings. The number of amides is 1. The van der Waals surface area contributed by atoms with Gasteiger partial charge in [-0.1, -0.05) is 30.0 Å². The topological polar surface area (TPSA) is 60.2 Å². The zero-order chi connectivity index (χ0) is 16.8. The number of aromatic nitrogens is 3. The van der Waals surface area contributed by atoms with E-state index in [9.17, 15) is 4.79 Å². The van der Waals surface area contributed by atoms with Crippen molar-refractivity contribution in [3.05, 3.63) is 36.2 Å². The van der Waals surface area contributed by atoms with Crippen LogP contribution >= 0.6 is 11.8 Å². The lowest BCUT2D eigenvalue weighted by atomic mass is 10.1. The standard InChI is InChI=1S/C17H22N4O2S/c1-20-15(12-23-14-8-4-2-5-9-14)18-19-17(20)24-13-16(22)21-10-6-3-7-11-21/h2,4-5,8-9H,3,6-7,10-13H2,1H3. The summed E-state index contributed by atoms with van der Waals surface area (Å²) in [7, 11) is 1.90. The summed E-state index contributed by atoms with van der Waals surface area (Å²) >= 11 is 1.43. The fourth-order valence-corrected chi connectivity index (χ4v) is 3.45. The number of hydrogen-bond acceptors (Lipinski definition) is 5. The van der Waals surface area contributed by atoms with Gasteiger partial charge in [0.1, 0.15) is 12.4 Å². The van der Waals surface area contributed by atoms with Crippen LogP contribution in [0.3, 0.4) is 0 Å². The molecule has 0 spiro atoms. The number of piperidine rings is 1. The second kappa shape index (κ2) is 8.19. The Morgan fingerprint density at radius 2 is 1.92 bits per heavy atom. The molecule has 0 aliphatic carbocycles. The first-order valence-electron chi connectivity index (χ1n) is 8.21. The Labute approximate surface area is 146 Å². The van der Waals surface area contributed by atoms with Crippen LogP contribution in [0, 0.1) is 0 Å². The van der Waals surface area contributed by atoms with Gasteiger partial charge >= 0.3 is 0 Å². The van der Waals surface area contributed by atoms with E-state index in [1.165, 1.54) is 18.2 Å². The molecule has 128 valence electrons. The number of rotatable bonds is 6. The SMILES string of the molecule is Cn1c(COc2ccccc2)nnc1SCC(=O)N1CCCCC1. The first kappa shape index (κ1) is 16.8. The highest BCUT2D eigenvalue weighted by Crippen LogP contribution is 2.19. The number of ether oxygens (including phenoxy) is 1. The molecule has 0 bridgehead atoms.